The van der Waals surface area contributed by atoms with E-state index in [1.165, 1.54) is 17.1 Å². The van der Waals surface area contributed by atoms with Crippen LogP contribution in [0.3, 0.4) is 0 Å². The Labute approximate surface area is 129 Å². The number of rotatable bonds is 4. The molecule has 0 atom stereocenters. The zero-order valence-corrected chi connectivity index (χ0v) is 12.0. The second kappa shape index (κ2) is 6.05. The summed E-state index contributed by atoms with van der Waals surface area (Å²) < 4.78 is 5.64. The minimum Gasteiger partial charge on any atom is -0.378 e. The fraction of sp³-hybridized carbons (Fsp3) is 0.0769. The molecule has 0 saturated heterocycles. The third kappa shape index (κ3) is 3.20. The molecule has 23 heavy (non-hydrogen) atoms. The molecule has 0 bridgehead atoms. The quantitative estimate of drug-likeness (QED) is 0.522. The number of hydrogen-bond acceptors (Lipinski definition) is 8. The smallest absolute Gasteiger partial charge is 0.293 e. The lowest BCUT2D eigenvalue weighted by molar-refractivity contribution is 0.0950. The summed E-state index contributed by atoms with van der Waals surface area (Å²) in [6.07, 6.45) is 2.87. The summed E-state index contributed by atoms with van der Waals surface area (Å²) in [5.41, 5.74) is 9.95. The van der Waals surface area contributed by atoms with Crippen molar-refractivity contribution in [1.29, 1.82) is 0 Å². The first-order valence-electron chi connectivity index (χ1n) is 6.54. The number of anilines is 1. The number of nitrogens with two attached hydrogens (primary N) is 1. The monoisotopic (exact) mass is 312 g/mol. The topological polar surface area (TPSA) is 137 Å². The minimum absolute atomic E-state index is 0.0410. The van der Waals surface area contributed by atoms with Crippen molar-refractivity contribution < 1.29 is 9.42 Å². The van der Waals surface area contributed by atoms with Gasteiger partial charge in [-0.1, -0.05) is 35.0 Å². The second-order valence-electron chi connectivity index (χ2n) is 4.63. The molecule has 1 aromatic carbocycles. The van der Waals surface area contributed by atoms with Crippen molar-refractivity contribution in [3.63, 3.8) is 0 Å². The molecule has 0 fully saturated rings. The zero-order valence-electron chi connectivity index (χ0n) is 12.0. The van der Waals surface area contributed by atoms with E-state index in [-0.39, 0.29) is 17.3 Å². The fourth-order valence-electron chi connectivity index (χ4n) is 1.70. The summed E-state index contributed by atoms with van der Waals surface area (Å²) in [6, 6.07) is 7.68. The van der Waals surface area contributed by atoms with Crippen LogP contribution in [0.15, 0.2) is 40.2 Å². The highest BCUT2D eigenvalue weighted by Crippen LogP contribution is 2.09. The second-order valence-corrected chi connectivity index (χ2v) is 4.63. The Balaban J connectivity index is 1.66. The van der Waals surface area contributed by atoms with Gasteiger partial charge in [0.25, 0.3) is 5.91 Å². The van der Waals surface area contributed by atoms with Crippen molar-refractivity contribution in [2.24, 2.45) is 5.10 Å². The third-order valence-electron chi connectivity index (χ3n) is 2.90. The van der Waals surface area contributed by atoms with Crippen LogP contribution < -0.4 is 11.2 Å². The summed E-state index contributed by atoms with van der Waals surface area (Å²) in [6.45, 7) is 1.99. The van der Waals surface area contributed by atoms with E-state index >= 15 is 0 Å². The summed E-state index contributed by atoms with van der Waals surface area (Å²) >= 11 is 0. The molecule has 0 saturated carbocycles. The molecule has 2 aromatic heterocycles. The molecular weight excluding hydrogens is 300 g/mol. The Morgan fingerprint density at radius 1 is 1.35 bits per heavy atom. The molecule has 0 unspecified atom stereocenters. The standard InChI is InChI=1S/C13H12N8O2/c1-8-2-4-9(5-3-8)6-15-17-13(22)10-7-21(20-16-10)12-11(14)18-23-19-12/h2-7H,1H3,(H2,14,18)(H,17,22). The lowest BCUT2D eigenvalue weighted by Crippen LogP contribution is -2.18. The number of aromatic nitrogens is 5. The summed E-state index contributed by atoms with van der Waals surface area (Å²) in [7, 11) is 0. The van der Waals surface area contributed by atoms with Crippen LogP contribution in [-0.2, 0) is 0 Å². The van der Waals surface area contributed by atoms with Gasteiger partial charge in [0.05, 0.1) is 12.4 Å². The average Bonchev–Trinajstić information content (AvgIpc) is 3.17. The van der Waals surface area contributed by atoms with Crippen molar-refractivity contribution in [3.05, 3.63) is 47.3 Å². The molecule has 2 heterocycles. The molecule has 0 aliphatic heterocycles. The normalized spacial score (nSPS) is 11.0. The number of amides is 1. The number of aryl methyl sites for hydroxylation is 1. The fourth-order valence-corrected chi connectivity index (χ4v) is 1.70. The van der Waals surface area contributed by atoms with Crippen LogP contribution in [0.2, 0.25) is 0 Å². The molecule has 10 heteroatoms. The van der Waals surface area contributed by atoms with Gasteiger partial charge < -0.3 is 5.73 Å². The van der Waals surface area contributed by atoms with E-state index in [1.807, 2.05) is 31.2 Å². The molecule has 0 aliphatic rings. The summed E-state index contributed by atoms with van der Waals surface area (Å²) in [5, 5.41) is 18.3. The summed E-state index contributed by atoms with van der Waals surface area (Å²) in [5.74, 6) is -0.325. The number of benzene rings is 1. The molecule has 0 spiro atoms. The number of nitrogen functional groups attached to an aromatic ring is 1. The number of nitrogens with one attached hydrogen (secondary N) is 1. The van der Waals surface area contributed by atoms with Gasteiger partial charge in [0.2, 0.25) is 11.6 Å². The third-order valence-corrected chi connectivity index (χ3v) is 2.90. The summed E-state index contributed by atoms with van der Waals surface area (Å²) in [4.78, 5) is 11.9. The largest absolute Gasteiger partial charge is 0.378 e. The maximum absolute atomic E-state index is 11.9. The van der Waals surface area contributed by atoms with Crippen LogP contribution in [0.25, 0.3) is 5.82 Å². The molecule has 3 aromatic rings. The van der Waals surface area contributed by atoms with E-state index in [9.17, 15) is 4.79 Å². The van der Waals surface area contributed by atoms with Crippen molar-refractivity contribution >= 4 is 17.9 Å². The van der Waals surface area contributed by atoms with E-state index in [0.717, 1.165) is 11.1 Å². The van der Waals surface area contributed by atoms with E-state index in [1.54, 1.807) is 0 Å². The number of nitrogens with zero attached hydrogens (tertiary/aromatic N) is 6. The van der Waals surface area contributed by atoms with Gasteiger partial charge in [-0.15, -0.1) is 5.10 Å². The van der Waals surface area contributed by atoms with Crippen molar-refractivity contribution in [2.45, 2.75) is 6.92 Å². The van der Waals surface area contributed by atoms with Crippen molar-refractivity contribution in [2.75, 3.05) is 5.73 Å². The first-order chi connectivity index (χ1) is 11.1. The highest BCUT2D eigenvalue weighted by atomic mass is 16.6. The lowest BCUT2D eigenvalue weighted by Gasteiger charge is -1.96. The Morgan fingerprint density at radius 2 is 2.13 bits per heavy atom. The molecular formula is C13H12N8O2. The van der Waals surface area contributed by atoms with Crippen LogP contribution in [0.4, 0.5) is 5.82 Å². The first kappa shape index (κ1) is 14.4. The van der Waals surface area contributed by atoms with Gasteiger partial charge in [-0.2, -0.15) is 9.78 Å². The number of hydrazone groups is 1. The van der Waals surface area contributed by atoms with Gasteiger partial charge in [-0.3, -0.25) is 4.79 Å². The molecule has 1 amide bonds. The number of carbonyl (C=O) groups excluding carboxylic acids is 1. The van der Waals surface area contributed by atoms with Crippen LogP contribution >= 0.6 is 0 Å². The van der Waals surface area contributed by atoms with Crippen LogP contribution in [-0.4, -0.2) is 37.4 Å². The van der Waals surface area contributed by atoms with Crippen molar-refractivity contribution in [3.8, 4) is 5.82 Å². The minimum atomic E-state index is -0.519. The highest BCUT2D eigenvalue weighted by Gasteiger charge is 2.15. The van der Waals surface area contributed by atoms with Gasteiger partial charge in [0.15, 0.2) is 5.69 Å². The maximum Gasteiger partial charge on any atom is 0.293 e. The molecule has 0 radical (unpaired) electrons. The SMILES string of the molecule is Cc1ccc(C=NNC(=O)c2cn(-c3nonc3N)nn2)cc1. The molecule has 10 nitrogen and oxygen atoms in total. The van der Waals surface area contributed by atoms with Gasteiger partial charge in [0.1, 0.15) is 0 Å². The van der Waals surface area contributed by atoms with E-state index in [0.29, 0.717) is 0 Å². The molecule has 3 N–H and O–H groups in total. The van der Waals surface area contributed by atoms with Crippen LogP contribution in [0.5, 0.6) is 0 Å². The van der Waals surface area contributed by atoms with Gasteiger partial charge in [-0.25, -0.2) is 10.1 Å². The predicted octanol–water partition coefficient (Wildman–Crippen LogP) is 0.305. The Kier molecular flexibility index (Phi) is 3.78. The van der Waals surface area contributed by atoms with Crippen LogP contribution in [0.1, 0.15) is 21.6 Å². The van der Waals surface area contributed by atoms with E-state index in [4.69, 9.17) is 5.73 Å². The molecule has 3 rings (SSSR count). The first-order valence-corrected chi connectivity index (χ1v) is 6.54. The van der Waals surface area contributed by atoms with Crippen molar-refractivity contribution in [1.82, 2.24) is 30.7 Å². The lowest BCUT2D eigenvalue weighted by atomic mass is 10.2. The molecule has 0 aliphatic carbocycles. The van der Waals surface area contributed by atoms with Crippen LogP contribution in [0, 0.1) is 6.92 Å². The zero-order chi connectivity index (χ0) is 16.2. The molecule has 116 valence electrons. The van der Waals surface area contributed by atoms with Gasteiger partial charge >= 0.3 is 0 Å². The van der Waals surface area contributed by atoms with E-state index in [2.05, 4.69) is 35.8 Å². The van der Waals surface area contributed by atoms with E-state index < -0.39 is 5.91 Å². The average molecular weight is 312 g/mol. The highest BCUT2D eigenvalue weighted by molar-refractivity contribution is 5.92. The maximum atomic E-state index is 11.9. The predicted molar refractivity (Wildman–Crippen MR) is 79.9 cm³/mol. The Hall–Kier alpha value is -3.56. The Morgan fingerprint density at radius 3 is 2.83 bits per heavy atom. The number of carbonyl (C=O) groups is 1. The van der Waals surface area contributed by atoms with Gasteiger partial charge in [-0.05, 0) is 22.8 Å². The number of hydrogen-bond donors (Lipinski definition) is 2. The van der Waals surface area contributed by atoms with Gasteiger partial charge in [0, 0.05) is 0 Å². The Bertz CT molecular complexity index is 849.